The first-order valence-electron chi connectivity index (χ1n) is 6.34. The topological polar surface area (TPSA) is 57.2 Å². The van der Waals surface area contributed by atoms with Crippen molar-refractivity contribution in [1.29, 1.82) is 0 Å². The van der Waals surface area contributed by atoms with Crippen LogP contribution in [0.4, 0.5) is 11.6 Å². The predicted molar refractivity (Wildman–Crippen MR) is 82.4 cm³/mol. The highest BCUT2D eigenvalue weighted by atomic mass is 35.5. The Morgan fingerprint density at radius 1 is 1.21 bits per heavy atom. The van der Waals surface area contributed by atoms with E-state index in [9.17, 15) is 0 Å². The van der Waals surface area contributed by atoms with Crippen LogP contribution < -0.4 is 10.6 Å². The molecule has 0 radical (unpaired) electrons. The summed E-state index contributed by atoms with van der Waals surface area (Å²) in [5.74, 6) is 1.23. The van der Waals surface area contributed by atoms with Gasteiger partial charge in [0.05, 0.1) is 10.0 Å². The van der Waals surface area contributed by atoms with Crippen molar-refractivity contribution in [3.05, 3.63) is 16.1 Å². The highest BCUT2D eigenvalue weighted by molar-refractivity contribution is 6.37. The second kappa shape index (κ2) is 7.17. The molecule has 0 atom stereocenters. The lowest BCUT2D eigenvalue weighted by Crippen LogP contribution is -2.24. The van der Waals surface area contributed by atoms with Crippen molar-refractivity contribution in [2.45, 2.75) is 27.2 Å². The van der Waals surface area contributed by atoms with Crippen LogP contribution in [0.2, 0.25) is 10.0 Å². The molecule has 1 aromatic heterocycles. The largest absolute Gasteiger partial charge is 0.396 e. The maximum atomic E-state index is 9.01. The van der Waals surface area contributed by atoms with Gasteiger partial charge in [0.15, 0.2) is 0 Å². The van der Waals surface area contributed by atoms with E-state index in [2.05, 4.69) is 29.5 Å². The molecule has 0 aliphatic carbocycles. The van der Waals surface area contributed by atoms with E-state index in [1.54, 1.807) is 6.07 Å². The third kappa shape index (κ3) is 5.05. The summed E-state index contributed by atoms with van der Waals surface area (Å²) in [6, 6.07) is 1.68. The molecule has 0 aliphatic rings. The fourth-order valence-electron chi connectivity index (χ4n) is 1.60. The Morgan fingerprint density at radius 2 is 1.79 bits per heavy atom. The lowest BCUT2D eigenvalue weighted by atomic mass is 9.90. The number of halogens is 2. The van der Waals surface area contributed by atoms with E-state index < -0.39 is 0 Å². The third-order valence-electron chi connectivity index (χ3n) is 2.80. The first-order chi connectivity index (χ1) is 8.89. The van der Waals surface area contributed by atoms with Gasteiger partial charge in [-0.2, -0.15) is 0 Å². The maximum Gasteiger partial charge on any atom is 0.147 e. The molecule has 1 heterocycles. The summed E-state index contributed by atoms with van der Waals surface area (Å²) in [6.45, 7) is 7.71. The molecular weight excluding hydrogens is 285 g/mol. The van der Waals surface area contributed by atoms with Crippen LogP contribution in [0.15, 0.2) is 6.07 Å². The highest BCUT2D eigenvalue weighted by Gasteiger charge is 2.18. The van der Waals surface area contributed by atoms with Crippen molar-refractivity contribution in [1.82, 2.24) is 4.98 Å². The van der Waals surface area contributed by atoms with Gasteiger partial charge in [-0.25, -0.2) is 4.98 Å². The van der Waals surface area contributed by atoms with Crippen LogP contribution in [0.25, 0.3) is 0 Å². The van der Waals surface area contributed by atoms with Gasteiger partial charge in [0.2, 0.25) is 0 Å². The van der Waals surface area contributed by atoms with Gasteiger partial charge in [0.25, 0.3) is 0 Å². The molecule has 0 spiro atoms. The molecule has 1 aromatic rings. The summed E-state index contributed by atoms with van der Waals surface area (Å²) in [5.41, 5.74) is -0.0300. The number of rotatable bonds is 7. The molecule has 4 nitrogen and oxygen atoms in total. The summed E-state index contributed by atoms with van der Waals surface area (Å²) in [6.07, 6.45) is 0.714. The average Bonchev–Trinajstić information content (AvgIpc) is 2.31. The number of nitrogens with one attached hydrogen (secondary N) is 2. The smallest absolute Gasteiger partial charge is 0.147 e. The summed E-state index contributed by atoms with van der Waals surface area (Å²) >= 11 is 12.2. The summed E-state index contributed by atoms with van der Waals surface area (Å²) in [4.78, 5) is 4.38. The Morgan fingerprint density at radius 3 is 2.32 bits per heavy atom. The summed E-state index contributed by atoms with van der Waals surface area (Å²) in [5, 5.41) is 16.3. The normalized spacial score (nSPS) is 11.5. The molecule has 0 amide bonds. The fraction of sp³-hybridized carbons (Fsp3) is 0.615. The number of aromatic nitrogens is 1. The van der Waals surface area contributed by atoms with Crippen LogP contribution >= 0.6 is 23.2 Å². The Kier molecular flexibility index (Phi) is 6.17. The number of hydrogen-bond donors (Lipinski definition) is 3. The number of aliphatic hydroxyl groups is 1. The van der Waals surface area contributed by atoms with Crippen LogP contribution in [-0.4, -0.2) is 29.8 Å². The van der Waals surface area contributed by atoms with E-state index in [4.69, 9.17) is 28.3 Å². The van der Waals surface area contributed by atoms with E-state index >= 15 is 0 Å². The van der Waals surface area contributed by atoms with Crippen LogP contribution in [0.1, 0.15) is 27.2 Å². The molecule has 0 saturated heterocycles. The zero-order valence-corrected chi connectivity index (χ0v) is 13.1. The molecule has 108 valence electrons. The minimum atomic E-state index is -0.0300. The Balaban J connectivity index is 2.80. The van der Waals surface area contributed by atoms with Crippen LogP contribution in [0, 0.1) is 5.41 Å². The van der Waals surface area contributed by atoms with Crippen molar-refractivity contribution < 1.29 is 5.11 Å². The van der Waals surface area contributed by atoms with Crippen molar-refractivity contribution in [3.8, 4) is 0 Å². The van der Waals surface area contributed by atoms with E-state index in [1.165, 1.54) is 0 Å². The van der Waals surface area contributed by atoms with E-state index in [1.807, 2.05) is 6.92 Å². The fourth-order valence-corrected chi connectivity index (χ4v) is 2.09. The maximum absolute atomic E-state index is 9.01. The van der Waals surface area contributed by atoms with Gasteiger partial charge < -0.3 is 15.7 Å². The van der Waals surface area contributed by atoms with Gasteiger partial charge in [-0.05, 0) is 24.8 Å². The number of anilines is 2. The first-order valence-corrected chi connectivity index (χ1v) is 7.10. The lowest BCUT2D eigenvalue weighted by molar-refractivity contribution is 0.220. The van der Waals surface area contributed by atoms with Gasteiger partial charge in [-0.1, -0.05) is 37.0 Å². The minimum Gasteiger partial charge on any atom is -0.396 e. The zero-order valence-electron chi connectivity index (χ0n) is 11.6. The lowest BCUT2D eigenvalue weighted by Gasteiger charge is -2.24. The van der Waals surface area contributed by atoms with E-state index in [0.717, 1.165) is 6.54 Å². The van der Waals surface area contributed by atoms with Gasteiger partial charge in [0.1, 0.15) is 11.6 Å². The van der Waals surface area contributed by atoms with Gasteiger partial charge in [-0.3, -0.25) is 0 Å². The van der Waals surface area contributed by atoms with Crippen LogP contribution in [0.5, 0.6) is 0 Å². The summed E-state index contributed by atoms with van der Waals surface area (Å²) < 4.78 is 0. The number of pyridine rings is 1. The molecule has 0 unspecified atom stereocenters. The average molecular weight is 306 g/mol. The SMILES string of the molecule is CCNc1nc(NCC(C)(C)CCO)c(Cl)cc1Cl. The summed E-state index contributed by atoms with van der Waals surface area (Å²) in [7, 11) is 0. The monoisotopic (exact) mass is 305 g/mol. The van der Waals surface area contributed by atoms with Crippen molar-refractivity contribution in [3.63, 3.8) is 0 Å². The molecule has 0 bridgehead atoms. The number of hydrogen-bond acceptors (Lipinski definition) is 4. The predicted octanol–water partition coefficient (Wildman–Crippen LogP) is 3.64. The number of nitrogens with zero attached hydrogens (tertiary/aromatic N) is 1. The molecule has 19 heavy (non-hydrogen) atoms. The second-order valence-corrected chi connectivity index (χ2v) is 5.99. The van der Waals surface area contributed by atoms with E-state index in [0.29, 0.717) is 34.6 Å². The molecule has 0 aliphatic heterocycles. The van der Waals surface area contributed by atoms with Crippen molar-refractivity contribution in [2.24, 2.45) is 5.41 Å². The second-order valence-electron chi connectivity index (χ2n) is 5.17. The van der Waals surface area contributed by atoms with Crippen LogP contribution in [0.3, 0.4) is 0 Å². The van der Waals surface area contributed by atoms with Gasteiger partial charge >= 0.3 is 0 Å². The molecule has 3 N–H and O–H groups in total. The molecule has 0 fully saturated rings. The third-order valence-corrected chi connectivity index (χ3v) is 3.37. The van der Waals surface area contributed by atoms with Crippen molar-refractivity contribution in [2.75, 3.05) is 30.3 Å². The van der Waals surface area contributed by atoms with Gasteiger partial charge in [0, 0.05) is 19.7 Å². The highest BCUT2D eigenvalue weighted by Crippen LogP contribution is 2.30. The molecule has 1 rings (SSSR count). The standard InChI is InChI=1S/C13H21Cl2N3O/c1-4-16-11-9(14)7-10(15)12(18-11)17-8-13(2,3)5-6-19/h7,19H,4-6,8H2,1-3H3,(H2,16,17,18). The Hall–Kier alpha value is -0.710. The Bertz CT molecular complexity index is 425. The molecule has 0 aromatic carbocycles. The molecule has 0 saturated carbocycles. The minimum absolute atomic E-state index is 0.0300. The molecular formula is C13H21Cl2N3O. The number of aliphatic hydroxyl groups excluding tert-OH is 1. The van der Waals surface area contributed by atoms with Crippen LogP contribution in [-0.2, 0) is 0 Å². The van der Waals surface area contributed by atoms with Crippen molar-refractivity contribution >= 4 is 34.8 Å². The van der Waals surface area contributed by atoms with Gasteiger partial charge in [-0.15, -0.1) is 0 Å². The van der Waals surface area contributed by atoms with E-state index in [-0.39, 0.29) is 12.0 Å². The quantitative estimate of drug-likeness (QED) is 0.720. The zero-order chi connectivity index (χ0) is 14.5. The first kappa shape index (κ1) is 16.3. The Labute approximate surface area is 124 Å². The molecule has 6 heteroatoms.